The van der Waals surface area contributed by atoms with E-state index in [9.17, 15) is 14.9 Å². The van der Waals surface area contributed by atoms with Gasteiger partial charge in [-0.25, -0.2) is 0 Å². The minimum atomic E-state index is -1.13. The number of benzene rings is 2. The number of amides is 1. The molecule has 0 saturated carbocycles. The van der Waals surface area contributed by atoms with Crippen LogP contribution in [0.4, 0.5) is 5.69 Å². The molecule has 0 fully saturated rings. The number of carbonyl (C=O) groups is 1. The van der Waals surface area contributed by atoms with Crippen molar-refractivity contribution in [3.05, 3.63) is 69.2 Å². The van der Waals surface area contributed by atoms with E-state index >= 15 is 0 Å². The predicted octanol–water partition coefficient (Wildman–Crippen LogP) is 4.40. The molecule has 5 nitrogen and oxygen atoms in total. The van der Waals surface area contributed by atoms with Crippen LogP contribution in [0.15, 0.2) is 57.8 Å². The highest BCUT2D eigenvalue weighted by Gasteiger charge is 2.10. The van der Waals surface area contributed by atoms with E-state index in [2.05, 4.69) is 4.36 Å². The van der Waals surface area contributed by atoms with Crippen LogP contribution in [0.1, 0.15) is 10.4 Å². The van der Waals surface area contributed by atoms with Crippen molar-refractivity contribution in [3.63, 3.8) is 0 Å². The van der Waals surface area contributed by atoms with Crippen LogP contribution in [0.25, 0.3) is 0 Å². The number of nitro benzene ring substituents is 1. The smallest absolute Gasteiger partial charge is 0.266 e. The van der Waals surface area contributed by atoms with E-state index in [1.165, 1.54) is 24.3 Å². The summed E-state index contributed by atoms with van der Waals surface area (Å²) in [5, 5.41) is 11.1. The van der Waals surface area contributed by atoms with Crippen LogP contribution < -0.4 is 0 Å². The van der Waals surface area contributed by atoms with Gasteiger partial charge in [0.15, 0.2) is 0 Å². The Balaban J connectivity index is 2.21. The van der Waals surface area contributed by atoms with Gasteiger partial charge in [0, 0.05) is 37.5 Å². The Morgan fingerprint density at radius 1 is 1.10 bits per heavy atom. The standard InChI is InChI=1S/C13H8Cl2N2O3S/c14-10-3-7-12(8-4-10)21(15)16-13(18)9-1-5-11(6-2-9)17(19)20/h1-8H. The lowest BCUT2D eigenvalue weighted by molar-refractivity contribution is -0.384. The topological polar surface area (TPSA) is 72.6 Å². The van der Waals surface area contributed by atoms with E-state index in [0.29, 0.717) is 9.92 Å². The summed E-state index contributed by atoms with van der Waals surface area (Å²) in [6.07, 6.45) is 0. The zero-order chi connectivity index (χ0) is 15.4. The van der Waals surface area contributed by atoms with Crippen molar-refractivity contribution in [1.29, 1.82) is 0 Å². The maximum atomic E-state index is 11.9. The van der Waals surface area contributed by atoms with E-state index in [4.69, 9.17) is 22.3 Å². The maximum Gasteiger partial charge on any atom is 0.284 e. The number of hydrogen-bond acceptors (Lipinski definition) is 3. The number of rotatable bonds is 3. The highest BCUT2D eigenvalue weighted by atomic mass is 35.7. The average molecular weight is 343 g/mol. The third-order valence-electron chi connectivity index (χ3n) is 2.50. The lowest BCUT2D eigenvalue weighted by Crippen LogP contribution is -1.97. The largest absolute Gasteiger partial charge is 0.284 e. The first-order chi connectivity index (χ1) is 9.97. The summed E-state index contributed by atoms with van der Waals surface area (Å²) >= 11 is 5.77. The first-order valence-corrected chi connectivity index (χ1v) is 8.02. The molecule has 21 heavy (non-hydrogen) atoms. The van der Waals surface area contributed by atoms with Gasteiger partial charge in [-0.2, -0.15) is 4.36 Å². The molecule has 2 aromatic carbocycles. The van der Waals surface area contributed by atoms with E-state index in [-0.39, 0.29) is 11.3 Å². The van der Waals surface area contributed by atoms with Gasteiger partial charge in [-0.05, 0) is 47.1 Å². The molecule has 2 rings (SSSR count). The molecule has 0 aliphatic carbocycles. The molecule has 8 heteroatoms. The van der Waals surface area contributed by atoms with Crippen molar-refractivity contribution < 1.29 is 9.72 Å². The first kappa shape index (κ1) is 15.6. The van der Waals surface area contributed by atoms with Gasteiger partial charge >= 0.3 is 0 Å². The Kier molecular flexibility index (Phi) is 5.06. The van der Waals surface area contributed by atoms with Gasteiger partial charge in [0.2, 0.25) is 0 Å². The fourth-order valence-corrected chi connectivity index (χ4v) is 2.79. The van der Waals surface area contributed by atoms with Crippen molar-refractivity contribution >= 4 is 43.8 Å². The van der Waals surface area contributed by atoms with Gasteiger partial charge < -0.3 is 0 Å². The third kappa shape index (κ3) is 4.10. The number of nitro groups is 1. The summed E-state index contributed by atoms with van der Waals surface area (Å²) < 4.78 is 3.86. The Labute approximate surface area is 132 Å². The Morgan fingerprint density at radius 2 is 1.67 bits per heavy atom. The second-order valence-corrected chi connectivity index (χ2v) is 6.33. The van der Waals surface area contributed by atoms with Crippen molar-refractivity contribution in [2.75, 3.05) is 0 Å². The van der Waals surface area contributed by atoms with Crippen LogP contribution in [0.3, 0.4) is 0 Å². The fourth-order valence-electron chi connectivity index (χ4n) is 1.45. The summed E-state index contributed by atoms with van der Waals surface area (Å²) in [6.45, 7) is 0. The van der Waals surface area contributed by atoms with Gasteiger partial charge in [0.25, 0.3) is 11.6 Å². The van der Waals surface area contributed by atoms with Crippen molar-refractivity contribution in [2.24, 2.45) is 4.36 Å². The van der Waals surface area contributed by atoms with Gasteiger partial charge in [0.05, 0.1) is 4.92 Å². The van der Waals surface area contributed by atoms with Crippen LogP contribution >= 0.6 is 22.3 Å². The lowest BCUT2D eigenvalue weighted by Gasteiger charge is -2.00. The second kappa shape index (κ2) is 6.80. The molecule has 0 radical (unpaired) electrons. The van der Waals surface area contributed by atoms with E-state index < -0.39 is 20.7 Å². The minimum absolute atomic E-state index is 0.0888. The van der Waals surface area contributed by atoms with Gasteiger partial charge in [-0.15, -0.1) is 0 Å². The number of carbonyl (C=O) groups excluding carboxylic acids is 1. The van der Waals surface area contributed by atoms with Crippen molar-refractivity contribution in [3.8, 4) is 0 Å². The molecule has 0 aliphatic rings. The van der Waals surface area contributed by atoms with Gasteiger partial charge in [-0.3, -0.25) is 14.9 Å². The molecular weight excluding hydrogens is 335 g/mol. The predicted molar refractivity (Wildman–Crippen MR) is 82.8 cm³/mol. The lowest BCUT2D eigenvalue weighted by atomic mass is 10.2. The number of hydrogen-bond donors (Lipinski definition) is 0. The van der Waals surface area contributed by atoms with Crippen LogP contribution in [0, 0.1) is 10.1 Å². The van der Waals surface area contributed by atoms with Gasteiger partial charge in [0.1, 0.15) is 0 Å². The molecule has 0 spiro atoms. The Morgan fingerprint density at radius 3 is 2.19 bits per heavy atom. The van der Waals surface area contributed by atoms with Crippen molar-refractivity contribution in [2.45, 2.75) is 4.90 Å². The van der Waals surface area contributed by atoms with Crippen LogP contribution in [0.5, 0.6) is 0 Å². The molecule has 1 atom stereocenters. The van der Waals surface area contributed by atoms with Gasteiger partial charge in [-0.1, -0.05) is 11.6 Å². The summed E-state index contributed by atoms with van der Waals surface area (Å²) in [5.74, 6) is -0.529. The highest BCUT2D eigenvalue weighted by molar-refractivity contribution is 8.10. The minimum Gasteiger partial charge on any atom is -0.266 e. The number of halogens is 2. The molecule has 0 saturated heterocycles. The maximum absolute atomic E-state index is 11.9. The molecule has 1 amide bonds. The summed E-state index contributed by atoms with van der Waals surface area (Å²) in [4.78, 5) is 22.6. The zero-order valence-electron chi connectivity index (χ0n) is 10.4. The molecular formula is C13H8Cl2N2O3S. The summed E-state index contributed by atoms with van der Waals surface area (Å²) in [7, 11) is 4.94. The average Bonchev–Trinajstić information content (AvgIpc) is 2.47. The van der Waals surface area contributed by atoms with Crippen molar-refractivity contribution in [1.82, 2.24) is 0 Å². The van der Waals surface area contributed by atoms with E-state index in [0.717, 1.165) is 0 Å². The molecule has 0 bridgehead atoms. The van der Waals surface area contributed by atoms with Crippen LogP contribution in [-0.4, -0.2) is 10.8 Å². The fraction of sp³-hybridized carbons (Fsp3) is 0. The van der Waals surface area contributed by atoms with E-state index in [1.54, 1.807) is 24.3 Å². The third-order valence-corrected chi connectivity index (χ3v) is 4.48. The summed E-state index contributed by atoms with van der Waals surface area (Å²) in [5.41, 5.74) is 0.154. The van der Waals surface area contributed by atoms with Crippen LogP contribution in [-0.2, 0) is 9.90 Å². The number of nitrogens with zero attached hydrogens (tertiary/aromatic N) is 2. The Bertz CT molecular complexity index is 715. The second-order valence-electron chi connectivity index (χ2n) is 3.89. The molecule has 0 N–H and O–H groups in total. The molecule has 0 aromatic heterocycles. The summed E-state index contributed by atoms with van der Waals surface area (Å²) in [6, 6.07) is 11.9. The zero-order valence-corrected chi connectivity index (χ0v) is 12.7. The van der Waals surface area contributed by atoms with Crippen LogP contribution in [0.2, 0.25) is 5.02 Å². The highest BCUT2D eigenvalue weighted by Crippen LogP contribution is 2.18. The SMILES string of the molecule is O=C(N=S(Cl)c1ccc(Cl)cc1)c1ccc([N+](=O)[O-])cc1. The molecule has 108 valence electrons. The molecule has 1 unspecified atom stereocenters. The van der Waals surface area contributed by atoms with E-state index in [1.807, 2.05) is 0 Å². The monoisotopic (exact) mass is 342 g/mol. The quantitative estimate of drug-likeness (QED) is 0.612. The normalized spacial score (nSPS) is 12.1. The first-order valence-electron chi connectivity index (χ1n) is 5.64. The molecule has 0 aliphatic heterocycles. The molecule has 2 aromatic rings. The number of non-ortho nitro benzene ring substituents is 1. The Hall–Kier alpha value is -1.76. The molecule has 0 heterocycles.